The van der Waals surface area contributed by atoms with E-state index < -0.39 is 41.7 Å². The number of nitrogens with zero attached hydrogens (tertiary/aromatic N) is 1. The van der Waals surface area contributed by atoms with E-state index in [0.29, 0.717) is 12.0 Å². The van der Waals surface area contributed by atoms with Gasteiger partial charge >= 0.3 is 23.9 Å². The van der Waals surface area contributed by atoms with Crippen molar-refractivity contribution in [2.24, 2.45) is 5.41 Å². The number of methoxy groups -OCH3 is 1. The molecule has 0 bridgehead atoms. The summed E-state index contributed by atoms with van der Waals surface area (Å²) >= 11 is 0. The third kappa shape index (κ3) is 4.40. The lowest BCUT2D eigenvalue weighted by Crippen LogP contribution is -2.62. The highest BCUT2D eigenvalue weighted by atomic mass is 19.4. The van der Waals surface area contributed by atoms with E-state index in [1.807, 2.05) is 6.92 Å². The summed E-state index contributed by atoms with van der Waals surface area (Å²) in [6.45, 7) is 3.62. The van der Waals surface area contributed by atoms with Gasteiger partial charge < -0.3 is 9.64 Å². The van der Waals surface area contributed by atoms with Crippen molar-refractivity contribution in [1.82, 2.24) is 4.90 Å². The van der Waals surface area contributed by atoms with Crippen molar-refractivity contribution in [2.75, 3.05) is 20.3 Å². The molecular weight excluding hydrogens is 481 g/mol. The molecule has 12 heteroatoms. The van der Waals surface area contributed by atoms with E-state index in [9.17, 15) is 44.3 Å². The van der Waals surface area contributed by atoms with Crippen LogP contribution in [0, 0.1) is 5.41 Å². The molecule has 2 rings (SSSR count). The molecule has 0 aliphatic carbocycles. The van der Waals surface area contributed by atoms with Crippen LogP contribution >= 0.6 is 0 Å². The summed E-state index contributed by atoms with van der Waals surface area (Å²) < 4.78 is 126. The Morgan fingerprint density at radius 1 is 0.941 bits per heavy atom. The van der Waals surface area contributed by atoms with E-state index >= 15 is 0 Å². The van der Waals surface area contributed by atoms with Crippen molar-refractivity contribution in [3.63, 3.8) is 0 Å². The maximum absolute atomic E-state index is 14.5. The minimum Gasteiger partial charge on any atom is -0.383 e. The number of hydrogen-bond donors (Lipinski definition) is 0. The summed E-state index contributed by atoms with van der Waals surface area (Å²) in [4.78, 5) is 14.1. The zero-order valence-corrected chi connectivity index (χ0v) is 18.8. The second-order valence-corrected chi connectivity index (χ2v) is 8.33. The van der Waals surface area contributed by atoms with Gasteiger partial charge in [-0.15, -0.1) is 0 Å². The van der Waals surface area contributed by atoms with E-state index in [4.69, 9.17) is 4.74 Å². The van der Waals surface area contributed by atoms with Crippen LogP contribution in [0.3, 0.4) is 0 Å². The summed E-state index contributed by atoms with van der Waals surface area (Å²) in [5.41, 5.74) is -1.31. The van der Waals surface area contributed by atoms with Gasteiger partial charge in [0.15, 0.2) is 0 Å². The molecule has 1 unspecified atom stereocenters. The van der Waals surface area contributed by atoms with Crippen LogP contribution in [-0.4, -0.2) is 55.0 Å². The molecule has 0 N–H and O–H groups in total. The monoisotopic (exact) mass is 505 g/mol. The quantitative estimate of drug-likeness (QED) is 0.367. The maximum atomic E-state index is 14.5. The van der Waals surface area contributed by atoms with Crippen LogP contribution in [-0.2, 0) is 16.0 Å². The van der Waals surface area contributed by atoms with Crippen molar-refractivity contribution in [3.8, 4) is 0 Å². The van der Waals surface area contributed by atoms with Gasteiger partial charge in [0.2, 0.25) is 5.91 Å². The number of alkyl halides is 9. The van der Waals surface area contributed by atoms with Crippen molar-refractivity contribution >= 4 is 11.6 Å². The fourth-order valence-electron chi connectivity index (χ4n) is 3.86. The van der Waals surface area contributed by atoms with Crippen LogP contribution in [0.4, 0.5) is 39.5 Å². The molecule has 0 saturated carbocycles. The minimum atomic E-state index is -7.02. The Morgan fingerprint density at radius 2 is 1.47 bits per heavy atom. The van der Waals surface area contributed by atoms with Crippen molar-refractivity contribution < 1.29 is 49.0 Å². The van der Waals surface area contributed by atoms with Crippen LogP contribution in [0.15, 0.2) is 29.8 Å². The fraction of sp³-hybridized carbons (Fsp3) is 0.591. The first kappa shape index (κ1) is 28.0. The van der Waals surface area contributed by atoms with Gasteiger partial charge in [0.25, 0.3) is 0 Å². The lowest BCUT2D eigenvalue weighted by molar-refractivity contribution is -0.398. The number of amides is 1. The largest absolute Gasteiger partial charge is 0.460 e. The van der Waals surface area contributed by atoms with Crippen LogP contribution in [0.1, 0.15) is 38.3 Å². The molecule has 1 aromatic rings. The Bertz CT molecular complexity index is 939. The standard InChI is InChI=1S/C22H24F9NO2/c1-5-14-6-8-15(9-7-14)16-13(2)18(3,17(33)32(16)10-11-34-4)12-19(23,24)20(25,26)21(27,28)22(29,30)31/h6-9H,5,10-12H2,1-4H3. The average Bonchev–Trinajstić information content (AvgIpc) is 2.91. The van der Waals surface area contributed by atoms with Gasteiger partial charge in [-0.25, -0.2) is 0 Å². The van der Waals surface area contributed by atoms with Gasteiger partial charge in [0.1, 0.15) is 0 Å². The van der Waals surface area contributed by atoms with E-state index in [1.165, 1.54) is 14.0 Å². The third-order valence-corrected chi connectivity index (χ3v) is 6.11. The predicted molar refractivity (Wildman–Crippen MR) is 106 cm³/mol. The first-order chi connectivity index (χ1) is 15.4. The van der Waals surface area contributed by atoms with Gasteiger partial charge in [0.05, 0.1) is 17.7 Å². The zero-order chi connectivity index (χ0) is 26.3. The highest BCUT2D eigenvalue weighted by molar-refractivity contribution is 6.00. The molecule has 0 spiro atoms. The molecule has 34 heavy (non-hydrogen) atoms. The molecular formula is C22H24F9NO2. The van der Waals surface area contributed by atoms with Gasteiger partial charge in [-0.1, -0.05) is 31.2 Å². The first-order valence-electron chi connectivity index (χ1n) is 10.2. The minimum absolute atomic E-state index is 0.0777. The number of ether oxygens (including phenoxy) is 1. The maximum Gasteiger partial charge on any atom is 0.460 e. The van der Waals surface area contributed by atoms with Crippen molar-refractivity contribution in [1.29, 1.82) is 0 Å². The lowest BCUT2D eigenvalue weighted by Gasteiger charge is -2.37. The Balaban J connectivity index is 2.60. The lowest BCUT2D eigenvalue weighted by atomic mass is 9.76. The predicted octanol–water partition coefficient (Wildman–Crippen LogP) is 6.33. The summed E-state index contributed by atoms with van der Waals surface area (Å²) in [6, 6.07) is 6.52. The number of aryl methyl sites for hydroxylation is 1. The second-order valence-electron chi connectivity index (χ2n) is 8.33. The van der Waals surface area contributed by atoms with Crippen LogP contribution in [0.5, 0.6) is 0 Å². The number of benzene rings is 1. The first-order valence-corrected chi connectivity index (χ1v) is 10.2. The topological polar surface area (TPSA) is 29.5 Å². The Labute approximate surface area is 190 Å². The number of hydrogen-bond acceptors (Lipinski definition) is 2. The van der Waals surface area contributed by atoms with Crippen LogP contribution < -0.4 is 0 Å². The highest BCUT2D eigenvalue weighted by Gasteiger charge is 2.82. The third-order valence-electron chi connectivity index (χ3n) is 6.11. The number of carbonyl (C=O) groups is 1. The van der Waals surface area contributed by atoms with E-state index in [0.717, 1.165) is 17.4 Å². The summed E-state index contributed by atoms with van der Waals surface area (Å²) in [6.07, 6.45) is -8.53. The smallest absolute Gasteiger partial charge is 0.383 e. The molecule has 1 amide bonds. The molecule has 1 atom stereocenters. The molecule has 0 aromatic heterocycles. The van der Waals surface area contributed by atoms with Gasteiger partial charge in [-0.2, -0.15) is 39.5 Å². The Morgan fingerprint density at radius 3 is 1.91 bits per heavy atom. The van der Waals surface area contributed by atoms with Gasteiger partial charge in [-0.05, 0) is 37.0 Å². The van der Waals surface area contributed by atoms with E-state index in [1.54, 1.807) is 24.3 Å². The van der Waals surface area contributed by atoms with E-state index in [2.05, 4.69) is 0 Å². The van der Waals surface area contributed by atoms with Gasteiger partial charge in [-0.3, -0.25) is 4.79 Å². The number of carbonyl (C=O) groups excluding carboxylic acids is 1. The number of rotatable bonds is 9. The van der Waals surface area contributed by atoms with Crippen molar-refractivity contribution in [2.45, 2.75) is 57.6 Å². The van der Waals surface area contributed by atoms with Crippen molar-refractivity contribution in [3.05, 3.63) is 41.0 Å². The molecule has 1 heterocycles. The summed E-state index contributed by atoms with van der Waals surface area (Å²) in [5, 5.41) is 0. The molecule has 1 aliphatic heterocycles. The summed E-state index contributed by atoms with van der Waals surface area (Å²) in [7, 11) is 1.29. The van der Waals surface area contributed by atoms with Crippen LogP contribution in [0.2, 0.25) is 0 Å². The normalized spacial score (nSPS) is 20.5. The van der Waals surface area contributed by atoms with Crippen LogP contribution in [0.25, 0.3) is 5.70 Å². The second kappa shape index (κ2) is 9.09. The Kier molecular flexibility index (Phi) is 7.48. The SMILES string of the molecule is CCc1ccc(C2=C(C)C(C)(CC(F)(F)C(F)(F)C(F)(F)C(F)(F)F)C(=O)N2CCOC)cc1. The molecule has 0 fully saturated rings. The molecule has 192 valence electrons. The Hall–Kier alpha value is -2.24. The van der Waals surface area contributed by atoms with Gasteiger partial charge in [0, 0.05) is 20.1 Å². The summed E-state index contributed by atoms with van der Waals surface area (Å²) in [5.74, 6) is -20.8. The highest BCUT2D eigenvalue weighted by Crippen LogP contribution is 2.58. The molecule has 0 radical (unpaired) electrons. The fourth-order valence-corrected chi connectivity index (χ4v) is 3.86. The molecule has 1 aliphatic rings. The number of halogens is 9. The molecule has 1 aromatic carbocycles. The van der Waals surface area contributed by atoms with E-state index in [-0.39, 0.29) is 24.4 Å². The molecule has 3 nitrogen and oxygen atoms in total. The average molecular weight is 505 g/mol. The zero-order valence-electron chi connectivity index (χ0n) is 18.8. The molecule has 0 saturated heterocycles.